The number of anilines is 1. The number of benzene rings is 1. The van der Waals surface area contributed by atoms with Crippen molar-refractivity contribution in [3.8, 4) is 5.75 Å². The number of carbonyl (C=O) groups is 1. The first-order valence-electron chi connectivity index (χ1n) is 7.68. The number of phenolic OH excluding ortho intramolecular Hbond substituents is 1. The number of carbonyl (C=O) groups excluding carboxylic acids is 1. The van der Waals surface area contributed by atoms with Gasteiger partial charge in [0.15, 0.2) is 5.82 Å². The molecular weight excluding hydrogens is 339 g/mol. The molecule has 1 aromatic carbocycles. The third kappa shape index (κ3) is 2.33. The van der Waals surface area contributed by atoms with Gasteiger partial charge in [0.2, 0.25) is 0 Å². The van der Waals surface area contributed by atoms with Gasteiger partial charge in [-0.05, 0) is 18.1 Å². The fraction of sp³-hybridized carbons (Fsp3) is 0.500. The normalized spacial score (nSPS) is 23.7. The van der Waals surface area contributed by atoms with E-state index in [1.54, 1.807) is 4.72 Å². The number of hydrogen-bond donors (Lipinski definition) is 3. The monoisotopic (exact) mass is 356 g/mol. The van der Waals surface area contributed by atoms with Crippen molar-refractivity contribution in [3.63, 3.8) is 0 Å². The van der Waals surface area contributed by atoms with Gasteiger partial charge in [-0.2, -0.15) is 8.42 Å². The van der Waals surface area contributed by atoms with Crippen LogP contribution in [-0.4, -0.2) is 56.6 Å². The van der Waals surface area contributed by atoms with E-state index in [0.29, 0.717) is 34.4 Å². The first-order chi connectivity index (χ1) is 11.4. The fourth-order valence-electron chi connectivity index (χ4n) is 3.38. The van der Waals surface area contributed by atoms with Gasteiger partial charge in [0.1, 0.15) is 18.0 Å². The summed E-state index contributed by atoms with van der Waals surface area (Å²) in [6.45, 7) is 2.28. The van der Waals surface area contributed by atoms with Gasteiger partial charge in [-0.3, -0.25) is 9.69 Å². The van der Waals surface area contributed by atoms with Crippen molar-refractivity contribution in [1.82, 2.24) is 14.9 Å². The molecule has 0 bridgehead atoms. The van der Waals surface area contributed by atoms with E-state index in [9.17, 15) is 18.3 Å². The Labute approximate surface area is 138 Å². The highest BCUT2D eigenvalue weighted by atomic mass is 32.2. The molecule has 3 aliphatic heterocycles. The average Bonchev–Trinajstić information content (AvgIpc) is 2.71. The van der Waals surface area contributed by atoms with E-state index < -0.39 is 39.9 Å². The number of aromatic hydroxyl groups is 1. The average molecular weight is 356 g/mol. The number of halogens is 1. The van der Waals surface area contributed by atoms with Crippen molar-refractivity contribution in [2.45, 2.75) is 19.0 Å². The number of phenols is 1. The summed E-state index contributed by atoms with van der Waals surface area (Å²) in [6, 6.07) is 1.75. The molecule has 0 aromatic heterocycles. The number of hydrogen-bond acceptors (Lipinski definition) is 6. The number of rotatable bonds is 2. The zero-order valence-electron chi connectivity index (χ0n) is 12.7. The van der Waals surface area contributed by atoms with Gasteiger partial charge < -0.3 is 10.4 Å². The van der Waals surface area contributed by atoms with Gasteiger partial charge in [-0.25, -0.2) is 13.4 Å². The van der Waals surface area contributed by atoms with Crippen LogP contribution in [0.5, 0.6) is 5.75 Å². The van der Waals surface area contributed by atoms with E-state index in [2.05, 4.69) is 10.2 Å². The highest BCUT2D eigenvalue weighted by Gasteiger charge is 2.39. The lowest BCUT2D eigenvalue weighted by Gasteiger charge is -2.41. The lowest BCUT2D eigenvalue weighted by Crippen LogP contribution is -2.58. The predicted molar refractivity (Wildman–Crippen MR) is 83.2 cm³/mol. The Hall–Kier alpha value is -1.91. The molecule has 0 unspecified atom stereocenters. The molecule has 0 atom stereocenters. The molecule has 3 aliphatic rings. The Balaban J connectivity index is 1.75. The Morgan fingerprint density at radius 2 is 2.04 bits per heavy atom. The zero-order valence-corrected chi connectivity index (χ0v) is 13.6. The molecule has 0 saturated carbocycles. The largest absolute Gasteiger partial charge is 0.506 e. The Morgan fingerprint density at radius 1 is 1.29 bits per heavy atom. The highest BCUT2D eigenvalue weighted by molar-refractivity contribution is 7.92. The van der Waals surface area contributed by atoms with Crippen LogP contribution in [0.1, 0.15) is 11.1 Å². The van der Waals surface area contributed by atoms with Gasteiger partial charge in [-0.1, -0.05) is 0 Å². The van der Waals surface area contributed by atoms with E-state index >= 15 is 4.39 Å². The molecule has 10 heteroatoms. The Morgan fingerprint density at radius 3 is 2.62 bits per heavy atom. The van der Waals surface area contributed by atoms with E-state index in [4.69, 9.17) is 0 Å². The van der Waals surface area contributed by atoms with Gasteiger partial charge in [-0.15, -0.1) is 0 Å². The second kappa shape index (κ2) is 5.30. The van der Waals surface area contributed by atoms with Gasteiger partial charge in [0.05, 0.1) is 0 Å². The first-order valence-corrected chi connectivity index (χ1v) is 9.12. The number of nitrogens with zero attached hydrogens (tertiary/aromatic N) is 2. The summed E-state index contributed by atoms with van der Waals surface area (Å²) < 4.78 is 41.4. The molecule has 1 aromatic rings. The standard InChI is InChI=1S/C14H17FN4O4S/c15-13-10-6-18(9-4-16-5-9)2-1-8(10)3-11(20)14(13)19-7-12(21)17-24(19,22)23/h3,9,16,20H,1-2,4-7H2,(H,17,21). The highest BCUT2D eigenvalue weighted by Crippen LogP contribution is 2.39. The number of nitrogens with one attached hydrogen (secondary N) is 2. The maximum atomic E-state index is 15.0. The fourth-order valence-corrected chi connectivity index (χ4v) is 4.55. The molecule has 8 nitrogen and oxygen atoms in total. The molecule has 4 rings (SSSR count). The van der Waals surface area contributed by atoms with Gasteiger partial charge in [0.25, 0.3) is 5.91 Å². The molecule has 3 N–H and O–H groups in total. The van der Waals surface area contributed by atoms with Gasteiger partial charge in [0, 0.05) is 37.8 Å². The molecule has 2 fully saturated rings. The summed E-state index contributed by atoms with van der Waals surface area (Å²) in [5, 5.41) is 13.3. The lowest BCUT2D eigenvalue weighted by molar-refractivity contribution is -0.117. The van der Waals surface area contributed by atoms with E-state index in [1.807, 2.05) is 0 Å². The minimum atomic E-state index is -4.17. The van der Waals surface area contributed by atoms with Crippen LogP contribution in [0.15, 0.2) is 6.07 Å². The molecule has 0 aliphatic carbocycles. The minimum absolute atomic E-state index is 0.341. The van der Waals surface area contributed by atoms with E-state index in [0.717, 1.165) is 19.6 Å². The smallest absolute Gasteiger partial charge is 0.326 e. The molecule has 24 heavy (non-hydrogen) atoms. The summed E-state index contributed by atoms with van der Waals surface area (Å²) in [4.78, 5) is 13.5. The molecular formula is C14H17FN4O4S. The Bertz CT molecular complexity index is 825. The molecule has 130 valence electrons. The van der Waals surface area contributed by atoms with Crippen LogP contribution in [0.2, 0.25) is 0 Å². The second-order valence-electron chi connectivity index (χ2n) is 6.27. The third-order valence-electron chi connectivity index (χ3n) is 4.79. The topological polar surface area (TPSA) is 102 Å². The maximum Gasteiger partial charge on any atom is 0.326 e. The zero-order chi connectivity index (χ0) is 17.1. The van der Waals surface area contributed by atoms with Crippen molar-refractivity contribution in [2.75, 3.05) is 30.5 Å². The van der Waals surface area contributed by atoms with Crippen LogP contribution < -0.4 is 14.3 Å². The van der Waals surface area contributed by atoms with Crippen LogP contribution in [0, 0.1) is 5.82 Å². The van der Waals surface area contributed by atoms with Crippen LogP contribution in [0.4, 0.5) is 10.1 Å². The molecule has 3 heterocycles. The van der Waals surface area contributed by atoms with Gasteiger partial charge >= 0.3 is 10.2 Å². The van der Waals surface area contributed by atoms with Crippen LogP contribution in [-0.2, 0) is 28.0 Å². The quantitative estimate of drug-likeness (QED) is 0.631. The Kier molecular flexibility index (Phi) is 3.44. The number of amides is 1. The third-order valence-corrected chi connectivity index (χ3v) is 6.17. The molecule has 0 spiro atoms. The SMILES string of the molecule is O=C1CN(c2c(O)cc3c(c2F)CN(C2CNC2)CC3)S(=O)(=O)N1. The van der Waals surface area contributed by atoms with Crippen LogP contribution in [0.25, 0.3) is 0 Å². The first kappa shape index (κ1) is 15.6. The summed E-state index contributed by atoms with van der Waals surface area (Å²) in [5.74, 6) is -2.00. The minimum Gasteiger partial charge on any atom is -0.506 e. The molecule has 0 radical (unpaired) electrons. The summed E-state index contributed by atoms with van der Waals surface area (Å²) >= 11 is 0. The van der Waals surface area contributed by atoms with E-state index in [1.165, 1.54) is 6.07 Å². The summed E-state index contributed by atoms with van der Waals surface area (Å²) in [5.41, 5.74) is 0.601. The van der Waals surface area contributed by atoms with E-state index in [-0.39, 0.29) is 0 Å². The van der Waals surface area contributed by atoms with Crippen molar-refractivity contribution in [2.24, 2.45) is 0 Å². The summed E-state index contributed by atoms with van der Waals surface area (Å²) in [7, 11) is -4.17. The van der Waals surface area contributed by atoms with Crippen LogP contribution >= 0.6 is 0 Å². The van der Waals surface area contributed by atoms with Crippen molar-refractivity contribution >= 4 is 21.8 Å². The number of fused-ring (bicyclic) bond motifs is 1. The molecule has 1 amide bonds. The lowest BCUT2D eigenvalue weighted by atomic mass is 9.95. The molecule has 2 saturated heterocycles. The van der Waals surface area contributed by atoms with Crippen molar-refractivity contribution in [1.29, 1.82) is 0 Å². The summed E-state index contributed by atoms with van der Waals surface area (Å²) in [6.07, 6.45) is 0.584. The van der Waals surface area contributed by atoms with Crippen molar-refractivity contribution in [3.05, 3.63) is 23.0 Å². The second-order valence-corrected chi connectivity index (χ2v) is 7.86. The van der Waals surface area contributed by atoms with Crippen molar-refractivity contribution < 1.29 is 22.7 Å². The van der Waals surface area contributed by atoms with Crippen LogP contribution in [0.3, 0.4) is 0 Å². The maximum absolute atomic E-state index is 15.0. The predicted octanol–water partition coefficient (Wildman–Crippen LogP) is -0.958.